The van der Waals surface area contributed by atoms with Crippen LogP contribution in [0.2, 0.25) is 0 Å². The monoisotopic (exact) mass is 642 g/mol. The van der Waals surface area contributed by atoms with Crippen LogP contribution in [0.3, 0.4) is 0 Å². The minimum Gasteiger partial charge on any atom is -0.508 e. The van der Waals surface area contributed by atoms with E-state index in [0.29, 0.717) is 48.4 Å². The largest absolute Gasteiger partial charge is 0.508 e. The lowest BCUT2D eigenvalue weighted by Crippen LogP contribution is -2.56. The molecule has 3 aliphatic rings. The van der Waals surface area contributed by atoms with E-state index in [1.807, 2.05) is 0 Å². The van der Waals surface area contributed by atoms with Crippen molar-refractivity contribution in [1.82, 2.24) is 25.2 Å². The second kappa shape index (κ2) is 14.0. The molecule has 2 aliphatic heterocycles. The SMILES string of the molecule is C#CC1=C(F)CCc2cc(O)cc(-c3ncc4c(N5CC(CC)NC(CC)C5)nc(OCC(=C)CN5CCC(C)CC5)nc4c3F)c21. The van der Waals surface area contributed by atoms with Gasteiger partial charge in [-0.15, -0.1) is 6.42 Å². The summed E-state index contributed by atoms with van der Waals surface area (Å²) in [7, 11) is 0. The van der Waals surface area contributed by atoms with Crippen LogP contribution in [-0.4, -0.2) is 76.4 Å². The molecule has 10 heteroatoms. The highest BCUT2D eigenvalue weighted by Crippen LogP contribution is 2.42. The second-order valence-electron chi connectivity index (χ2n) is 13.2. The number of fused-ring (bicyclic) bond motifs is 2. The molecule has 2 fully saturated rings. The number of pyridine rings is 1. The Balaban J connectivity index is 1.42. The molecule has 0 radical (unpaired) electrons. The summed E-state index contributed by atoms with van der Waals surface area (Å²) >= 11 is 0. The summed E-state index contributed by atoms with van der Waals surface area (Å²) in [5.41, 5.74) is 2.12. The normalized spacial score (nSPS) is 20.7. The molecule has 0 bridgehead atoms. The standard InChI is InChI=1S/C37H44F2N6O2/c1-6-25-19-45(20-26(7-2)41-25)36-30-17-40-34(29-16-27(46)15-24-9-10-31(38)28(8-3)32(24)29)33(39)35(30)42-37(43-36)47-21-23(5)18-44-13-11-22(4)12-14-44/h3,15-17,22,25-26,41,46H,5-7,9-14,18-21H2,1-2,4H3. The van der Waals surface area contributed by atoms with E-state index in [4.69, 9.17) is 16.1 Å². The van der Waals surface area contributed by atoms with Crippen molar-refractivity contribution in [2.45, 2.75) is 71.4 Å². The molecule has 4 heterocycles. The fourth-order valence-electron chi connectivity index (χ4n) is 7.00. The maximum Gasteiger partial charge on any atom is 0.319 e. The Morgan fingerprint density at radius 2 is 1.85 bits per heavy atom. The van der Waals surface area contributed by atoms with E-state index >= 15 is 4.39 Å². The van der Waals surface area contributed by atoms with E-state index in [0.717, 1.165) is 50.3 Å². The van der Waals surface area contributed by atoms with Gasteiger partial charge in [-0.3, -0.25) is 9.88 Å². The van der Waals surface area contributed by atoms with Crippen molar-refractivity contribution < 1.29 is 18.6 Å². The number of allylic oxidation sites excluding steroid dienone is 2. The van der Waals surface area contributed by atoms with Gasteiger partial charge in [-0.25, -0.2) is 8.78 Å². The summed E-state index contributed by atoms with van der Waals surface area (Å²) in [4.78, 5) is 18.5. The van der Waals surface area contributed by atoms with Crippen LogP contribution in [0.5, 0.6) is 11.8 Å². The zero-order valence-electron chi connectivity index (χ0n) is 27.6. The molecular formula is C37H44F2N6O2. The molecule has 3 aromatic rings. The van der Waals surface area contributed by atoms with Gasteiger partial charge in [-0.1, -0.05) is 33.3 Å². The third-order valence-corrected chi connectivity index (χ3v) is 9.75. The number of rotatable bonds is 9. The summed E-state index contributed by atoms with van der Waals surface area (Å²) in [5.74, 6) is 2.48. The molecule has 2 atom stereocenters. The third-order valence-electron chi connectivity index (χ3n) is 9.75. The van der Waals surface area contributed by atoms with E-state index in [9.17, 15) is 9.50 Å². The van der Waals surface area contributed by atoms with Crippen molar-refractivity contribution in [1.29, 1.82) is 0 Å². The fraction of sp³-hybridized carbons (Fsp3) is 0.486. The number of hydrogen-bond donors (Lipinski definition) is 2. The van der Waals surface area contributed by atoms with E-state index in [2.05, 4.69) is 58.4 Å². The Kier molecular flexibility index (Phi) is 9.76. The van der Waals surface area contributed by atoms with Crippen LogP contribution in [0.25, 0.3) is 27.7 Å². The molecule has 2 saturated heterocycles. The Bertz CT molecular complexity index is 1730. The Morgan fingerprint density at radius 3 is 2.53 bits per heavy atom. The highest BCUT2D eigenvalue weighted by atomic mass is 19.1. The van der Waals surface area contributed by atoms with Crippen molar-refractivity contribution in [3.8, 4) is 35.4 Å². The number of phenols is 1. The number of nitrogens with one attached hydrogen (secondary N) is 1. The molecular weight excluding hydrogens is 598 g/mol. The van der Waals surface area contributed by atoms with Crippen molar-refractivity contribution in [3.63, 3.8) is 0 Å². The molecule has 248 valence electrons. The summed E-state index contributed by atoms with van der Waals surface area (Å²) in [6.07, 6.45) is 11.9. The van der Waals surface area contributed by atoms with E-state index in [1.165, 1.54) is 6.07 Å². The first-order chi connectivity index (χ1) is 22.7. The molecule has 0 spiro atoms. The predicted octanol–water partition coefficient (Wildman–Crippen LogP) is 6.43. The predicted molar refractivity (Wildman–Crippen MR) is 183 cm³/mol. The van der Waals surface area contributed by atoms with Gasteiger partial charge in [0.2, 0.25) is 0 Å². The van der Waals surface area contributed by atoms with Crippen molar-refractivity contribution >= 4 is 22.3 Å². The highest BCUT2D eigenvalue weighted by Gasteiger charge is 2.30. The number of piperazine rings is 1. The molecule has 1 aromatic carbocycles. The van der Waals surface area contributed by atoms with Gasteiger partial charge in [0, 0.05) is 55.5 Å². The van der Waals surface area contributed by atoms with Gasteiger partial charge in [0.25, 0.3) is 0 Å². The zero-order chi connectivity index (χ0) is 33.2. The van der Waals surface area contributed by atoms with E-state index in [1.54, 1.807) is 12.3 Å². The number of terminal acetylenes is 1. The van der Waals surface area contributed by atoms with Crippen LogP contribution in [0.15, 0.2) is 36.3 Å². The molecule has 6 rings (SSSR count). The molecule has 8 nitrogen and oxygen atoms in total. The second-order valence-corrected chi connectivity index (χ2v) is 13.2. The lowest BCUT2D eigenvalue weighted by atomic mass is 9.85. The molecule has 0 saturated carbocycles. The van der Waals surface area contributed by atoms with E-state index < -0.39 is 11.6 Å². The minimum absolute atomic E-state index is 0.0323. The number of aromatic nitrogens is 3. The van der Waals surface area contributed by atoms with Gasteiger partial charge in [0.15, 0.2) is 5.82 Å². The number of benzene rings is 1. The first-order valence-electron chi connectivity index (χ1n) is 16.8. The van der Waals surface area contributed by atoms with Crippen LogP contribution < -0.4 is 15.0 Å². The molecule has 47 heavy (non-hydrogen) atoms. The number of aryl methyl sites for hydroxylation is 1. The van der Waals surface area contributed by atoms with Crippen LogP contribution >= 0.6 is 0 Å². The van der Waals surface area contributed by atoms with Crippen LogP contribution in [0.1, 0.15) is 64.0 Å². The number of likely N-dealkylation sites (tertiary alicyclic amines) is 1. The summed E-state index contributed by atoms with van der Waals surface area (Å²) in [5, 5.41) is 14.7. The number of nitrogens with zero attached hydrogens (tertiary/aromatic N) is 5. The Hall–Kier alpha value is -4.07. The van der Waals surface area contributed by atoms with Crippen LogP contribution in [-0.2, 0) is 6.42 Å². The van der Waals surface area contributed by atoms with Crippen LogP contribution in [0.4, 0.5) is 14.6 Å². The maximum absolute atomic E-state index is 16.8. The number of anilines is 1. The molecule has 2 N–H and O–H groups in total. The molecule has 0 amide bonds. The lowest BCUT2D eigenvalue weighted by molar-refractivity contribution is 0.199. The Morgan fingerprint density at radius 1 is 1.13 bits per heavy atom. The maximum atomic E-state index is 16.8. The van der Waals surface area contributed by atoms with Crippen molar-refractivity contribution in [3.05, 3.63) is 53.3 Å². The number of hydrogen-bond acceptors (Lipinski definition) is 8. The number of piperidine rings is 1. The van der Waals surface area contributed by atoms with Crippen molar-refractivity contribution in [2.24, 2.45) is 5.92 Å². The number of phenolic OH excluding ortho intramolecular Hbond substituents is 1. The first-order valence-corrected chi connectivity index (χ1v) is 16.8. The van der Waals surface area contributed by atoms with Crippen LogP contribution in [0, 0.1) is 24.1 Å². The topological polar surface area (TPSA) is 86.6 Å². The zero-order valence-corrected chi connectivity index (χ0v) is 27.6. The number of aromatic hydroxyl groups is 1. The third kappa shape index (κ3) is 6.83. The molecule has 2 unspecified atom stereocenters. The smallest absolute Gasteiger partial charge is 0.319 e. The van der Waals surface area contributed by atoms with Crippen molar-refractivity contribution in [2.75, 3.05) is 44.2 Å². The average Bonchev–Trinajstić information content (AvgIpc) is 3.08. The number of ether oxygens (including phenoxy) is 1. The van der Waals surface area contributed by atoms with Gasteiger partial charge in [0.05, 0.1) is 11.0 Å². The fourth-order valence-corrected chi connectivity index (χ4v) is 7.00. The summed E-state index contributed by atoms with van der Waals surface area (Å²) in [6, 6.07) is 3.43. The van der Waals surface area contributed by atoms with Gasteiger partial charge in [-0.2, -0.15) is 9.97 Å². The highest BCUT2D eigenvalue weighted by molar-refractivity contribution is 5.96. The summed E-state index contributed by atoms with van der Waals surface area (Å²) in [6.45, 7) is 15.1. The Labute approximate surface area is 275 Å². The molecule has 2 aromatic heterocycles. The summed E-state index contributed by atoms with van der Waals surface area (Å²) < 4.78 is 37.9. The van der Waals surface area contributed by atoms with E-state index in [-0.39, 0.29) is 59.2 Å². The number of halogens is 2. The average molecular weight is 643 g/mol. The van der Waals surface area contributed by atoms with Gasteiger partial charge in [0.1, 0.15) is 35.2 Å². The quantitative estimate of drug-likeness (QED) is 0.204. The van der Waals surface area contributed by atoms with Gasteiger partial charge in [-0.05, 0) is 74.4 Å². The van der Waals surface area contributed by atoms with Gasteiger partial charge < -0.3 is 20.1 Å². The molecule has 1 aliphatic carbocycles. The van der Waals surface area contributed by atoms with Gasteiger partial charge >= 0.3 is 6.01 Å². The minimum atomic E-state index is -0.721. The first kappa shape index (κ1) is 32.9. The lowest BCUT2D eigenvalue weighted by Gasteiger charge is -2.39.